The van der Waals surface area contributed by atoms with Crippen molar-refractivity contribution in [2.24, 2.45) is 0 Å². The number of halogens is 3. The number of hydrogen-bond donors (Lipinski definition) is 0. The Balaban J connectivity index is 3.31. The number of ether oxygens (including phenoxy) is 2. The normalized spacial score (nSPS) is 10.7. The third-order valence-electron chi connectivity index (χ3n) is 2.07. The highest BCUT2D eigenvalue weighted by molar-refractivity contribution is 5.92. The van der Waals surface area contributed by atoms with Gasteiger partial charge in [0.1, 0.15) is 11.8 Å². The van der Waals surface area contributed by atoms with Crippen molar-refractivity contribution in [1.82, 2.24) is 0 Å². The molecule has 1 rings (SSSR count). The van der Waals surface area contributed by atoms with Crippen LogP contribution < -0.4 is 4.74 Å². The molecule has 0 spiro atoms. The summed E-state index contributed by atoms with van der Waals surface area (Å²) < 4.78 is 44.5. The summed E-state index contributed by atoms with van der Waals surface area (Å²) in [6, 6.07) is 3.68. The lowest BCUT2D eigenvalue weighted by Gasteiger charge is -2.13. The Kier molecular flexibility index (Phi) is 3.81. The first-order chi connectivity index (χ1) is 8.28. The smallest absolute Gasteiger partial charge is 0.465 e. The van der Waals surface area contributed by atoms with E-state index in [9.17, 15) is 18.0 Å². The highest BCUT2D eigenvalue weighted by Crippen LogP contribution is 2.29. The maximum Gasteiger partial charge on any atom is 0.573 e. The molecule has 0 aliphatic carbocycles. The molecule has 7 heteroatoms. The lowest BCUT2D eigenvalue weighted by atomic mass is 10.0. The molecule has 4 nitrogen and oxygen atoms in total. The first-order valence-corrected chi connectivity index (χ1v) is 4.67. The molecule has 0 fully saturated rings. The van der Waals surface area contributed by atoms with Crippen LogP contribution in [-0.2, 0) is 4.74 Å². The number of nitrogens with zero attached hydrogens (tertiary/aromatic N) is 1. The van der Waals surface area contributed by atoms with Crippen molar-refractivity contribution in [2.75, 3.05) is 7.11 Å². The zero-order valence-electron chi connectivity index (χ0n) is 9.46. The molecule has 1 aromatic carbocycles. The maximum atomic E-state index is 12.1. The van der Waals surface area contributed by atoms with Gasteiger partial charge in [-0.2, -0.15) is 5.26 Å². The van der Waals surface area contributed by atoms with Crippen LogP contribution >= 0.6 is 0 Å². The second-order valence-corrected chi connectivity index (χ2v) is 3.31. The zero-order chi connectivity index (χ0) is 13.9. The Labute approximate surface area is 101 Å². The number of alkyl halides is 3. The molecular weight excluding hydrogens is 251 g/mol. The van der Waals surface area contributed by atoms with Crippen LogP contribution in [0.4, 0.5) is 13.2 Å². The number of hydrogen-bond acceptors (Lipinski definition) is 4. The van der Waals surface area contributed by atoms with Crippen LogP contribution in [0.5, 0.6) is 5.75 Å². The van der Waals surface area contributed by atoms with E-state index in [4.69, 9.17) is 5.26 Å². The Morgan fingerprint density at radius 1 is 1.39 bits per heavy atom. The Morgan fingerprint density at radius 2 is 2.00 bits per heavy atom. The number of methoxy groups -OCH3 is 1. The Hall–Kier alpha value is -2.23. The summed E-state index contributed by atoms with van der Waals surface area (Å²) in [5.41, 5.74) is -0.254. The predicted molar refractivity (Wildman–Crippen MR) is 53.9 cm³/mol. The first-order valence-electron chi connectivity index (χ1n) is 4.67. The molecule has 0 saturated carbocycles. The van der Waals surface area contributed by atoms with Gasteiger partial charge in [0.15, 0.2) is 0 Å². The summed E-state index contributed by atoms with van der Waals surface area (Å²) in [5, 5.41) is 8.79. The maximum absolute atomic E-state index is 12.1. The van der Waals surface area contributed by atoms with E-state index < -0.39 is 18.1 Å². The number of rotatable bonds is 2. The number of benzene rings is 1. The summed E-state index contributed by atoms with van der Waals surface area (Å²) >= 11 is 0. The third kappa shape index (κ3) is 3.13. The van der Waals surface area contributed by atoms with Crippen LogP contribution in [0.15, 0.2) is 12.1 Å². The largest absolute Gasteiger partial charge is 0.573 e. The molecule has 0 aliphatic heterocycles. The summed E-state index contributed by atoms with van der Waals surface area (Å²) in [5.74, 6) is -1.44. The van der Waals surface area contributed by atoms with Crippen LogP contribution in [0.1, 0.15) is 21.5 Å². The topological polar surface area (TPSA) is 59.3 Å². The Bertz CT molecular complexity index is 517. The van der Waals surface area contributed by atoms with Crippen molar-refractivity contribution in [1.29, 1.82) is 5.26 Å². The van der Waals surface area contributed by atoms with Crippen LogP contribution in [0, 0.1) is 18.3 Å². The van der Waals surface area contributed by atoms with E-state index in [0.29, 0.717) is 0 Å². The van der Waals surface area contributed by atoms with Gasteiger partial charge < -0.3 is 9.47 Å². The molecule has 0 saturated heterocycles. The minimum atomic E-state index is -4.87. The SMILES string of the molecule is COC(=O)c1cc(OC(F)(F)F)c(C)cc1C#N. The van der Waals surface area contributed by atoms with Crippen molar-refractivity contribution in [2.45, 2.75) is 13.3 Å². The summed E-state index contributed by atoms with van der Waals surface area (Å²) in [4.78, 5) is 11.3. The van der Waals surface area contributed by atoms with Gasteiger partial charge in [-0.05, 0) is 24.6 Å². The van der Waals surface area contributed by atoms with Crippen molar-refractivity contribution in [3.05, 3.63) is 28.8 Å². The van der Waals surface area contributed by atoms with Gasteiger partial charge in [-0.25, -0.2) is 4.79 Å². The van der Waals surface area contributed by atoms with Crippen molar-refractivity contribution in [3.8, 4) is 11.8 Å². The average Bonchev–Trinajstić information content (AvgIpc) is 2.28. The van der Waals surface area contributed by atoms with Crippen LogP contribution in [0.25, 0.3) is 0 Å². The molecule has 1 aromatic rings. The second kappa shape index (κ2) is 4.96. The van der Waals surface area contributed by atoms with Gasteiger partial charge in [0.2, 0.25) is 0 Å². The fourth-order valence-electron chi connectivity index (χ4n) is 1.29. The predicted octanol–water partition coefficient (Wildman–Crippen LogP) is 2.55. The monoisotopic (exact) mass is 259 g/mol. The summed E-state index contributed by atoms with van der Waals surface area (Å²) in [7, 11) is 1.06. The fourth-order valence-corrected chi connectivity index (χ4v) is 1.29. The molecule has 0 aromatic heterocycles. The number of esters is 1. The number of aryl methyl sites for hydroxylation is 1. The van der Waals surface area contributed by atoms with Crippen LogP contribution in [0.3, 0.4) is 0 Å². The third-order valence-corrected chi connectivity index (χ3v) is 2.07. The van der Waals surface area contributed by atoms with E-state index >= 15 is 0 Å². The minimum Gasteiger partial charge on any atom is -0.465 e. The van der Waals surface area contributed by atoms with Crippen molar-refractivity contribution >= 4 is 5.97 Å². The summed E-state index contributed by atoms with van der Waals surface area (Å²) in [6.45, 7) is 1.34. The highest BCUT2D eigenvalue weighted by Gasteiger charge is 2.32. The lowest BCUT2D eigenvalue weighted by molar-refractivity contribution is -0.274. The Morgan fingerprint density at radius 3 is 2.44 bits per heavy atom. The van der Waals surface area contributed by atoms with Crippen molar-refractivity contribution < 1.29 is 27.4 Å². The van der Waals surface area contributed by atoms with Gasteiger partial charge in [0.05, 0.1) is 18.2 Å². The average molecular weight is 259 g/mol. The van der Waals surface area contributed by atoms with Gasteiger partial charge in [-0.15, -0.1) is 13.2 Å². The van der Waals surface area contributed by atoms with E-state index in [2.05, 4.69) is 9.47 Å². The molecule has 0 aliphatic rings. The highest BCUT2D eigenvalue weighted by atomic mass is 19.4. The number of nitriles is 1. The molecule has 0 atom stereocenters. The van der Waals surface area contributed by atoms with E-state index in [1.807, 2.05) is 0 Å². The number of carbonyl (C=O) groups excluding carboxylic acids is 1. The van der Waals surface area contributed by atoms with Gasteiger partial charge in [0, 0.05) is 0 Å². The molecule has 0 amide bonds. The quantitative estimate of drug-likeness (QED) is 0.766. The zero-order valence-corrected chi connectivity index (χ0v) is 9.46. The summed E-state index contributed by atoms with van der Waals surface area (Å²) in [6.07, 6.45) is -4.87. The molecule has 0 radical (unpaired) electrons. The number of carbonyl (C=O) groups is 1. The van der Waals surface area contributed by atoms with E-state index in [1.165, 1.54) is 6.92 Å². The van der Waals surface area contributed by atoms with Crippen LogP contribution in [-0.4, -0.2) is 19.4 Å². The molecule has 18 heavy (non-hydrogen) atoms. The molecule has 96 valence electrons. The second-order valence-electron chi connectivity index (χ2n) is 3.31. The first kappa shape index (κ1) is 13.8. The van der Waals surface area contributed by atoms with Gasteiger partial charge in [0.25, 0.3) is 0 Å². The van der Waals surface area contributed by atoms with E-state index in [-0.39, 0.29) is 16.7 Å². The molecule has 0 bridgehead atoms. The minimum absolute atomic E-state index is 0.0751. The molecular formula is C11H8F3NO3. The molecule has 0 N–H and O–H groups in total. The molecule has 0 heterocycles. The molecule has 0 unspecified atom stereocenters. The fraction of sp³-hybridized carbons (Fsp3) is 0.273. The van der Waals surface area contributed by atoms with Gasteiger partial charge >= 0.3 is 12.3 Å². The van der Waals surface area contributed by atoms with E-state index in [1.54, 1.807) is 6.07 Å². The van der Waals surface area contributed by atoms with Gasteiger partial charge in [-0.3, -0.25) is 0 Å². The van der Waals surface area contributed by atoms with Crippen LogP contribution in [0.2, 0.25) is 0 Å². The van der Waals surface area contributed by atoms with Gasteiger partial charge in [-0.1, -0.05) is 0 Å². The van der Waals surface area contributed by atoms with Crippen molar-refractivity contribution in [3.63, 3.8) is 0 Å². The lowest BCUT2D eigenvalue weighted by Crippen LogP contribution is -2.18. The standard InChI is InChI=1S/C11H8F3NO3/c1-6-3-7(5-15)8(10(16)17-2)4-9(6)18-11(12,13)14/h3-4H,1-2H3. The van der Waals surface area contributed by atoms with E-state index in [0.717, 1.165) is 19.2 Å².